The number of pyridine rings is 1. The lowest BCUT2D eigenvalue weighted by Crippen LogP contribution is -2.29. The fraction of sp³-hybridized carbons (Fsp3) is 0.143. The highest BCUT2D eigenvalue weighted by atomic mass is 32.1. The lowest BCUT2D eigenvalue weighted by atomic mass is 9.96. The van der Waals surface area contributed by atoms with E-state index in [9.17, 15) is 14.7 Å². The smallest absolute Gasteiger partial charge is 0.301 e. The van der Waals surface area contributed by atoms with Gasteiger partial charge in [0.05, 0.1) is 31.4 Å². The summed E-state index contributed by atoms with van der Waals surface area (Å²) < 4.78 is 10.6. The van der Waals surface area contributed by atoms with E-state index in [4.69, 9.17) is 9.47 Å². The zero-order chi connectivity index (χ0) is 21.3. The topological polar surface area (TPSA) is 102 Å². The van der Waals surface area contributed by atoms with Crippen LogP contribution in [-0.2, 0) is 9.59 Å². The van der Waals surface area contributed by atoms with Gasteiger partial charge in [-0.2, -0.15) is 0 Å². The van der Waals surface area contributed by atoms with Crippen molar-refractivity contribution in [3.63, 3.8) is 0 Å². The molecule has 1 aliphatic heterocycles. The summed E-state index contributed by atoms with van der Waals surface area (Å²) in [6, 6.07) is 7.35. The number of Topliss-reactive ketones (excluding diaryl/α,β-unsaturated/α-hetero) is 1. The average Bonchev–Trinajstić information content (AvgIpc) is 3.40. The van der Waals surface area contributed by atoms with Crippen LogP contribution < -0.4 is 14.4 Å². The van der Waals surface area contributed by atoms with E-state index in [1.807, 2.05) is 0 Å². The van der Waals surface area contributed by atoms with Crippen LogP contribution in [0.5, 0.6) is 11.5 Å². The molecule has 1 N–H and O–H groups in total. The Kier molecular flexibility index (Phi) is 5.20. The number of benzene rings is 1. The number of ketones is 1. The molecule has 1 fully saturated rings. The number of carbonyl (C=O) groups excluding carboxylic acids is 2. The standard InChI is InChI=1S/C21H17N3O5S/c1-28-13-5-6-14(15(10-13)29-2)18(25)16-17(12-4-3-7-22-11-12)24(20(27)19(16)26)21-23-8-9-30-21/h3-11,17,25H,1-2H3/b18-16+/t17-/m1/s1. The molecule has 1 atom stereocenters. The zero-order valence-corrected chi connectivity index (χ0v) is 16.9. The van der Waals surface area contributed by atoms with Gasteiger partial charge in [0.2, 0.25) is 0 Å². The van der Waals surface area contributed by atoms with Gasteiger partial charge in [-0.05, 0) is 23.8 Å². The van der Waals surface area contributed by atoms with Crippen LogP contribution in [0.1, 0.15) is 17.2 Å². The van der Waals surface area contributed by atoms with Gasteiger partial charge in [-0.3, -0.25) is 19.5 Å². The number of anilines is 1. The lowest BCUT2D eigenvalue weighted by molar-refractivity contribution is -0.132. The highest BCUT2D eigenvalue weighted by Gasteiger charge is 2.48. The van der Waals surface area contributed by atoms with Crippen LogP contribution in [0.4, 0.5) is 5.13 Å². The van der Waals surface area contributed by atoms with Crippen molar-refractivity contribution < 1.29 is 24.2 Å². The Morgan fingerprint density at radius 3 is 2.63 bits per heavy atom. The maximum atomic E-state index is 13.0. The van der Waals surface area contributed by atoms with Crippen LogP contribution in [0.15, 0.2) is 59.9 Å². The normalized spacial score (nSPS) is 17.9. The molecule has 0 bridgehead atoms. The van der Waals surface area contributed by atoms with Gasteiger partial charge in [0.15, 0.2) is 5.13 Å². The van der Waals surface area contributed by atoms with Gasteiger partial charge < -0.3 is 14.6 Å². The number of thiazole rings is 1. The average molecular weight is 423 g/mol. The Morgan fingerprint density at radius 1 is 1.17 bits per heavy atom. The van der Waals surface area contributed by atoms with Crippen molar-refractivity contribution in [2.24, 2.45) is 0 Å². The Hall–Kier alpha value is -3.72. The third-order valence-corrected chi connectivity index (χ3v) is 5.50. The van der Waals surface area contributed by atoms with E-state index < -0.39 is 17.7 Å². The molecule has 0 aliphatic carbocycles. The summed E-state index contributed by atoms with van der Waals surface area (Å²) in [4.78, 5) is 35.5. The molecule has 1 aliphatic rings. The predicted molar refractivity (Wildman–Crippen MR) is 111 cm³/mol. The summed E-state index contributed by atoms with van der Waals surface area (Å²) in [5.74, 6) is -1.10. The Labute approximate surface area is 176 Å². The van der Waals surface area contributed by atoms with Gasteiger partial charge in [-0.15, -0.1) is 11.3 Å². The van der Waals surface area contributed by atoms with Gasteiger partial charge in [0, 0.05) is 30.0 Å². The first kappa shape index (κ1) is 19.6. The molecule has 1 amide bonds. The van der Waals surface area contributed by atoms with Gasteiger partial charge >= 0.3 is 5.91 Å². The van der Waals surface area contributed by atoms with Crippen LogP contribution in [0.2, 0.25) is 0 Å². The molecule has 0 radical (unpaired) electrons. The Morgan fingerprint density at radius 2 is 2.00 bits per heavy atom. The predicted octanol–water partition coefficient (Wildman–Crippen LogP) is 3.18. The van der Waals surface area contributed by atoms with Crippen molar-refractivity contribution in [3.8, 4) is 11.5 Å². The molecule has 3 heterocycles. The zero-order valence-electron chi connectivity index (χ0n) is 16.1. The molecule has 0 unspecified atom stereocenters. The number of rotatable bonds is 5. The van der Waals surface area contributed by atoms with Crippen molar-refractivity contribution in [1.29, 1.82) is 0 Å². The second-order valence-corrected chi connectivity index (χ2v) is 7.21. The van der Waals surface area contributed by atoms with Crippen molar-refractivity contribution in [2.75, 3.05) is 19.1 Å². The second kappa shape index (κ2) is 7.96. The number of hydrogen-bond donors (Lipinski definition) is 1. The van der Waals surface area contributed by atoms with Gasteiger partial charge in [0.25, 0.3) is 5.78 Å². The van der Waals surface area contributed by atoms with E-state index in [2.05, 4.69) is 9.97 Å². The highest BCUT2D eigenvalue weighted by Crippen LogP contribution is 2.43. The van der Waals surface area contributed by atoms with Crippen molar-refractivity contribution in [3.05, 3.63) is 71.0 Å². The first-order valence-electron chi connectivity index (χ1n) is 8.89. The van der Waals surface area contributed by atoms with Crippen LogP contribution in [0.3, 0.4) is 0 Å². The number of hydrogen-bond acceptors (Lipinski definition) is 8. The Bertz CT molecular complexity index is 1130. The molecule has 152 valence electrons. The van der Waals surface area contributed by atoms with Crippen molar-refractivity contribution in [2.45, 2.75) is 6.04 Å². The maximum Gasteiger partial charge on any atom is 0.301 e. The lowest BCUT2D eigenvalue weighted by Gasteiger charge is -2.22. The van der Waals surface area contributed by atoms with Gasteiger partial charge in [-0.1, -0.05) is 6.07 Å². The number of nitrogens with zero attached hydrogens (tertiary/aromatic N) is 3. The van der Waals surface area contributed by atoms with E-state index in [0.29, 0.717) is 22.2 Å². The largest absolute Gasteiger partial charge is 0.507 e. The molecule has 1 aromatic carbocycles. The van der Waals surface area contributed by atoms with Gasteiger partial charge in [-0.25, -0.2) is 4.98 Å². The summed E-state index contributed by atoms with van der Waals surface area (Å²) in [5, 5.41) is 13.2. The number of methoxy groups -OCH3 is 2. The summed E-state index contributed by atoms with van der Waals surface area (Å²) >= 11 is 1.22. The van der Waals surface area contributed by atoms with E-state index in [0.717, 1.165) is 0 Å². The fourth-order valence-electron chi connectivity index (χ4n) is 3.36. The molecule has 30 heavy (non-hydrogen) atoms. The minimum Gasteiger partial charge on any atom is -0.507 e. The van der Waals surface area contributed by atoms with E-state index in [1.165, 1.54) is 30.5 Å². The molecule has 9 heteroatoms. The minimum absolute atomic E-state index is 0.0633. The summed E-state index contributed by atoms with van der Waals surface area (Å²) in [6.45, 7) is 0. The molecule has 1 saturated heterocycles. The fourth-order valence-corrected chi connectivity index (χ4v) is 4.02. The summed E-state index contributed by atoms with van der Waals surface area (Å²) in [6.07, 6.45) is 4.69. The third kappa shape index (κ3) is 3.18. The van der Waals surface area contributed by atoms with E-state index >= 15 is 0 Å². The van der Waals surface area contributed by atoms with Crippen molar-refractivity contribution in [1.82, 2.24) is 9.97 Å². The summed E-state index contributed by atoms with van der Waals surface area (Å²) in [5.41, 5.74) is 0.775. The molecular weight excluding hydrogens is 406 g/mol. The number of aromatic nitrogens is 2. The quantitative estimate of drug-likeness (QED) is 0.382. The SMILES string of the molecule is COc1ccc(/C(O)=C2\C(=O)C(=O)N(c3nccs3)[C@@H]2c2cccnc2)c(OC)c1. The third-order valence-electron chi connectivity index (χ3n) is 4.73. The van der Waals surface area contributed by atoms with Crippen molar-refractivity contribution >= 4 is 33.9 Å². The van der Waals surface area contributed by atoms with Crippen LogP contribution in [-0.4, -0.2) is 41.0 Å². The number of aliphatic hydroxyl groups excluding tert-OH is 1. The number of ether oxygens (including phenoxy) is 2. The highest BCUT2D eigenvalue weighted by molar-refractivity contribution is 7.14. The molecule has 8 nitrogen and oxygen atoms in total. The molecule has 0 saturated carbocycles. The number of carbonyl (C=O) groups is 2. The first-order chi connectivity index (χ1) is 14.6. The summed E-state index contributed by atoms with van der Waals surface area (Å²) in [7, 11) is 2.95. The number of aliphatic hydroxyl groups is 1. The monoisotopic (exact) mass is 423 g/mol. The first-order valence-corrected chi connectivity index (χ1v) is 9.77. The molecule has 0 spiro atoms. The molecule has 4 rings (SSSR count). The minimum atomic E-state index is -0.878. The molecular formula is C21H17N3O5S. The van der Waals surface area contributed by atoms with E-state index in [1.54, 1.807) is 54.3 Å². The molecule has 2 aromatic heterocycles. The number of amides is 1. The second-order valence-electron chi connectivity index (χ2n) is 6.34. The Balaban J connectivity index is 1.95. The maximum absolute atomic E-state index is 13.0. The van der Waals surface area contributed by atoms with E-state index in [-0.39, 0.29) is 16.9 Å². The van der Waals surface area contributed by atoms with Crippen LogP contribution in [0.25, 0.3) is 5.76 Å². The van der Waals surface area contributed by atoms with Gasteiger partial charge in [0.1, 0.15) is 17.3 Å². The van der Waals surface area contributed by atoms with Crippen LogP contribution in [0, 0.1) is 0 Å². The molecule has 3 aromatic rings. The van der Waals surface area contributed by atoms with Crippen LogP contribution >= 0.6 is 11.3 Å².